The molecule has 18 heavy (non-hydrogen) atoms. The second kappa shape index (κ2) is 4.01. The van der Waals surface area contributed by atoms with Crippen LogP contribution in [0.15, 0.2) is 16.9 Å². The molecular weight excluding hydrogens is 224 g/mol. The Kier molecular flexibility index (Phi) is 2.58. The monoisotopic (exact) mass is 244 g/mol. The number of rotatable bonds is 2. The van der Waals surface area contributed by atoms with E-state index in [0.717, 1.165) is 36.3 Å². The van der Waals surface area contributed by atoms with Gasteiger partial charge >= 0.3 is 5.69 Å². The summed E-state index contributed by atoms with van der Waals surface area (Å²) >= 11 is 0. The number of H-pyrrole nitrogens is 1. The highest BCUT2D eigenvalue weighted by molar-refractivity contribution is 5.81. The fourth-order valence-corrected chi connectivity index (χ4v) is 3.18. The van der Waals surface area contributed by atoms with Gasteiger partial charge in [-0.3, -0.25) is 4.57 Å². The van der Waals surface area contributed by atoms with Gasteiger partial charge in [0, 0.05) is 6.54 Å². The third-order valence-electron chi connectivity index (χ3n) is 4.34. The summed E-state index contributed by atoms with van der Waals surface area (Å²) in [4.78, 5) is 14.9. The molecule has 2 aromatic rings. The Morgan fingerprint density at radius 1 is 1.39 bits per heavy atom. The zero-order valence-corrected chi connectivity index (χ0v) is 11.3. The molecular formula is C15H20N2O. The topological polar surface area (TPSA) is 37.8 Å². The molecule has 0 spiro atoms. The molecule has 1 heterocycles. The quantitative estimate of drug-likeness (QED) is 0.866. The Balaban J connectivity index is 2.22. The molecule has 0 amide bonds. The first-order valence-corrected chi connectivity index (χ1v) is 6.85. The largest absolute Gasteiger partial charge is 0.326 e. The maximum absolute atomic E-state index is 11.9. The fraction of sp³-hybridized carbons (Fsp3) is 0.533. The van der Waals surface area contributed by atoms with E-state index in [-0.39, 0.29) is 5.69 Å². The highest BCUT2D eigenvalue weighted by atomic mass is 16.1. The predicted octanol–water partition coefficient (Wildman–Crippen LogP) is 2.72. The van der Waals surface area contributed by atoms with Crippen molar-refractivity contribution in [1.82, 2.24) is 9.55 Å². The summed E-state index contributed by atoms with van der Waals surface area (Å²) < 4.78 is 1.87. The number of fused-ring (bicyclic) bond motifs is 3. The maximum Gasteiger partial charge on any atom is 0.326 e. The van der Waals surface area contributed by atoms with Gasteiger partial charge in [-0.1, -0.05) is 19.9 Å². The van der Waals surface area contributed by atoms with Crippen molar-refractivity contribution >= 4 is 11.0 Å². The molecule has 0 saturated heterocycles. The van der Waals surface area contributed by atoms with E-state index < -0.39 is 0 Å². The third kappa shape index (κ3) is 1.53. The van der Waals surface area contributed by atoms with Gasteiger partial charge in [0.15, 0.2) is 0 Å². The van der Waals surface area contributed by atoms with Crippen molar-refractivity contribution in [2.45, 2.75) is 40.2 Å². The number of aromatic nitrogens is 2. The minimum atomic E-state index is 0.0221. The summed E-state index contributed by atoms with van der Waals surface area (Å²) in [5, 5.41) is 0. The van der Waals surface area contributed by atoms with E-state index in [1.54, 1.807) is 0 Å². The van der Waals surface area contributed by atoms with E-state index in [1.807, 2.05) is 11.5 Å². The molecule has 1 aromatic heterocycles. The molecule has 3 nitrogen and oxygen atoms in total. The Morgan fingerprint density at radius 2 is 2.17 bits per heavy atom. The molecule has 0 bridgehead atoms. The van der Waals surface area contributed by atoms with Gasteiger partial charge in [0.1, 0.15) is 0 Å². The zero-order valence-electron chi connectivity index (χ0n) is 11.3. The van der Waals surface area contributed by atoms with Crippen LogP contribution in [0.25, 0.3) is 11.0 Å². The Bertz CT molecular complexity index is 648. The SMILES string of the molecule is CCn1c(=O)[nH]c2ccc3c(c21)CC(C(C)C)C3. The smallest absolute Gasteiger partial charge is 0.306 e. The van der Waals surface area contributed by atoms with Crippen molar-refractivity contribution in [3.63, 3.8) is 0 Å². The number of hydrogen-bond donors (Lipinski definition) is 1. The second-order valence-electron chi connectivity index (χ2n) is 5.69. The van der Waals surface area contributed by atoms with Gasteiger partial charge in [-0.15, -0.1) is 0 Å². The van der Waals surface area contributed by atoms with Crippen LogP contribution >= 0.6 is 0 Å². The van der Waals surface area contributed by atoms with Crippen LogP contribution in [0.5, 0.6) is 0 Å². The van der Waals surface area contributed by atoms with Gasteiger partial charge in [-0.2, -0.15) is 0 Å². The normalized spacial score (nSPS) is 18.8. The van der Waals surface area contributed by atoms with Gasteiger partial charge in [-0.05, 0) is 48.8 Å². The third-order valence-corrected chi connectivity index (χ3v) is 4.34. The molecule has 0 radical (unpaired) electrons. The number of imidazole rings is 1. The average Bonchev–Trinajstić information content (AvgIpc) is 2.87. The summed E-state index contributed by atoms with van der Waals surface area (Å²) in [6, 6.07) is 4.25. The van der Waals surface area contributed by atoms with E-state index in [9.17, 15) is 4.79 Å². The Morgan fingerprint density at radius 3 is 2.83 bits per heavy atom. The number of nitrogens with one attached hydrogen (secondary N) is 1. The number of aryl methyl sites for hydroxylation is 1. The Hall–Kier alpha value is -1.51. The maximum atomic E-state index is 11.9. The van der Waals surface area contributed by atoms with Crippen molar-refractivity contribution in [3.8, 4) is 0 Å². The van der Waals surface area contributed by atoms with Crippen LogP contribution in [0.1, 0.15) is 31.9 Å². The van der Waals surface area contributed by atoms with E-state index in [0.29, 0.717) is 5.92 Å². The van der Waals surface area contributed by atoms with Crippen molar-refractivity contribution in [2.75, 3.05) is 0 Å². The number of benzene rings is 1. The number of nitrogens with zero attached hydrogens (tertiary/aromatic N) is 1. The van der Waals surface area contributed by atoms with Crippen molar-refractivity contribution in [2.24, 2.45) is 11.8 Å². The summed E-state index contributed by atoms with van der Waals surface area (Å²) in [5.41, 5.74) is 4.98. The summed E-state index contributed by atoms with van der Waals surface area (Å²) in [6.45, 7) is 7.35. The highest BCUT2D eigenvalue weighted by Crippen LogP contribution is 2.35. The van der Waals surface area contributed by atoms with Crippen molar-refractivity contribution < 1.29 is 0 Å². The van der Waals surface area contributed by atoms with Crippen LogP contribution in [0.2, 0.25) is 0 Å². The van der Waals surface area contributed by atoms with Gasteiger partial charge in [-0.25, -0.2) is 4.79 Å². The van der Waals surface area contributed by atoms with Gasteiger partial charge in [0.05, 0.1) is 11.0 Å². The molecule has 1 aliphatic rings. The summed E-state index contributed by atoms with van der Waals surface area (Å²) in [5.74, 6) is 1.43. The predicted molar refractivity (Wildman–Crippen MR) is 74.0 cm³/mol. The molecule has 0 aliphatic heterocycles. The number of hydrogen-bond acceptors (Lipinski definition) is 1. The van der Waals surface area contributed by atoms with Crippen molar-refractivity contribution in [3.05, 3.63) is 33.7 Å². The lowest BCUT2D eigenvalue weighted by Crippen LogP contribution is -2.15. The van der Waals surface area contributed by atoms with E-state index in [2.05, 4.69) is 31.0 Å². The van der Waals surface area contributed by atoms with Gasteiger partial charge in [0.2, 0.25) is 0 Å². The first kappa shape index (κ1) is 11.6. The fourth-order valence-electron chi connectivity index (χ4n) is 3.18. The lowest BCUT2D eigenvalue weighted by molar-refractivity contribution is 0.404. The van der Waals surface area contributed by atoms with Crippen LogP contribution < -0.4 is 5.69 Å². The molecule has 1 aliphatic carbocycles. The zero-order chi connectivity index (χ0) is 12.9. The lowest BCUT2D eigenvalue weighted by Gasteiger charge is -2.12. The van der Waals surface area contributed by atoms with Crippen LogP contribution in [0.4, 0.5) is 0 Å². The van der Waals surface area contributed by atoms with E-state index >= 15 is 0 Å². The molecule has 3 rings (SSSR count). The van der Waals surface area contributed by atoms with Crippen molar-refractivity contribution in [1.29, 1.82) is 0 Å². The minimum absolute atomic E-state index is 0.0221. The second-order valence-corrected chi connectivity index (χ2v) is 5.69. The van der Waals surface area contributed by atoms with Crippen LogP contribution in [-0.2, 0) is 19.4 Å². The van der Waals surface area contributed by atoms with Gasteiger partial charge < -0.3 is 4.98 Å². The van der Waals surface area contributed by atoms with Crippen LogP contribution in [0, 0.1) is 11.8 Å². The standard InChI is InChI=1S/C15H20N2O/c1-4-17-14-12-8-11(9(2)3)7-10(12)5-6-13(14)16-15(17)18/h5-6,9,11H,4,7-8H2,1-3H3,(H,16,18). The average molecular weight is 244 g/mol. The molecule has 1 unspecified atom stereocenters. The summed E-state index contributed by atoms with van der Waals surface area (Å²) in [6.07, 6.45) is 2.27. The molecule has 1 N–H and O–H groups in total. The summed E-state index contributed by atoms with van der Waals surface area (Å²) in [7, 11) is 0. The van der Waals surface area contributed by atoms with E-state index in [4.69, 9.17) is 0 Å². The van der Waals surface area contributed by atoms with Gasteiger partial charge in [0.25, 0.3) is 0 Å². The minimum Gasteiger partial charge on any atom is -0.306 e. The van der Waals surface area contributed by atoms with Crippen LogP contribution in [-0.4, -0.2) is 9.55 Å². The molecule has 1 atom stereocenters. The lowest BCUT2D eigenvalue weighted by atomic mass is 9.93. The number of aromatic amines is 1. The molecule has 0 saturated carbocycles. The molecule has 0 fully saturated rings. The Labute approximate surface area is 107 Å². The van der Waals surface area contributed by atoms with E-state index in [1.165, 1.54) is 11.1 Å². The molecule has 1 aromatic carbocycles. The first-order chi connectivity index (χ1) is 8.61. The molecule has 96 valence electrons. The molecule has 3 heteroatoms. The van der Waals surface area contributed by atoms with Crippen LogP contribution in [0.3, 0.4) is 0 Å². The highest BCUT2D eigenvalue weighted by Gasteiger charge is 2.27. The first-order valence-electron chi connectivity index (χ1n) is 6.85.